The van der Waals surface area contributed by atoms with E-state index in [0.717, 1.165) is 24.1 Å². The van der Waals surface area contributed by atoms with Gasteiger partial charge in [0.05, 0.1) is 11.4 Å². The van der Waals surface area contributed by atoms with Crippen molar-refractivity contribution in [3.63, 3.8) is 0 Å². The molecule has 2 aromatic carbocycles. The van der Waals surface area contributed by atoms with Crippen LogP contribution in [0.4, 0.5) is 5.69 Å². The van der Waals surface area contributed by atoms with Gasteiger partial charge in [-0.1, -0.05) is 36.7 Å². The van der Waals surface area contributed by atoms with Gasteiger partial charge in [0.25, 0.3) is 0 Å². The van der Waals surface area contributed by atoms with Gasteiger partial charge in [0.1, 0.15) is 0 Å². The predicted molar refractivity (Wildman–Crippen MR) is 113 cm³/mol. The van der Waals surface area contributed by atoms with Crippen LogP contribution in [0.2, 0.25) is 5.02 Å². The molecule has 1 fully saturated rings. The molecular formula is C21H25ClN2O3S. The summed E-state index contributed by atoms with van der Waals surface area (Å²) < 4.78 is 27.4. The standard InChI is InChI=1S/C21H25ClN2O3S/c1-15-5-4-10-24(14-15)28(26,27)19-7-3-6-17(11-19)21(25)13-23-20-12-18(22)9-8-16(20)2/h3,6-9,11-12,15,23H,4-5,10,13-14H2,1-2H3. The van der Waals surface area contributed by atoms with Gasteiger partial charge in [-0.25, -0.2) is 8.42 Å². The minimum atomic E-state index is -3.59. The Kier molecular flexibility index (Phi) is 6.43. The first kappa shape index (κ1) is 20.8. The van der Waals surface area contributed by atoms with Crippen LogP contribution in [0.1, 0.15) is 35.7 Å². The summed E-state index contributed by atoms with van der Waals surface area (Å²) in [5.74, 6) is 0.168. The Morgan fingerprint density at radius 2 is 2.04 bits per heavy atom. The van der Waals surface area contributed by atoms with Crippen molar-refractivity contribution in [1.29, 1.82) is 0 Å². The Bertz CT molecular complexity index is 975. The first-order valence-corrected chi connectivity index (χ1v) is 11.2. The van der Waals surface area contributed by atoms with Crippen LogP contribution in [0.5, 0.6) is 0 Å². The third-order valence-corrected chi connectivity index (χ3v) is 7.15. The molecule has 1 unspecified atom stereocenters. The number of sulfonamides is 1. The quantitative estimate of drug-likeness (QED) is 0.705. The molecule has 0 bridgehead atoms. The van der Waals surface area contributed by atoms with Crippen LogP contribution in [0.25, 0.3) is 0 Å². The first-order chi connectivity index (χ1) is 13.3. The van der Waals surface area contributed by atoms with Crippen molar-refractivity contribution in [2.45, 2.75) is 31.6 Å². The van der Waals surface area contributed by atoms with Crippen molar-refractivity contribution in [1.82, 2.24) is 4.31 Å². The average molecular weight is 421 g/mol. The van der Waals surface area contributed by atoms with Crippen molar-refractivity contribution < 1.29 is 13.2 Å². The van der Waals surface area contributed by atoms with E-state index in [1.165, 1.54) is 10.4 Å². The predicted octanol–water partition coefficient (Wildman–Crippen LogP) is 4.36. The molecular weight excluding hydrogens is 396 g/mol. The van der Waals surface area contributed by atoms with Gasteiger partial charge < -0.3 is 5.32 Å². The molecule has 5 nitrogen and oxygen atoms in total. The van der Waals surface area contributed by atoms with Gasteiger partial charge in [0.15, 0.2) is 5.78 Å². The molecule has 0 aliphatic carbocycles. The fourth-order valence-corrected chi connectivity index (χ4v) is 5.22. The van der Waals surface area contributed by atoms with Gasteiger partial charge in [0, 0.05) is 29.4 Å². The van der Waals surface area contributed by atoms with Gasteiger partial charge in [-0.15, -0.1) is 0 Å². The van der Waals surface area contributed by atoms with Crippen molar-refractivity contribution in [3.8, 4) is 0 Å². The molecule has 0 saturated carbocycles. The zero-order chi connectivity index (χ0) is 20.3. The van der Waals surface area contributed by atoms with E-state index in [2.05, 4.69) is 12.2 Å². The topological polar surface area (TPSA) is 66.5 Å². The summed E-state index contributed by atoms with van der Waals surface area (Å²) in [6, 6.07) is 11.7. The lowest BCUT2D eigenvalue weighted by Crippen LogP contribution is -2.39. The number of rotatable bonds is 6. The number of Topliss-reactive ketones (excluding diaryl/α,β-unsaturated/α-hetero) is 1. The van der Waals surface area contributed by atoms with Crippen molar-refractivity contribution in [2.75, 3.05) is 25.0 Å². The number of nitrogens with zero attached hydrogens (tertiary/aromatic N) is 1. The summed E-state index contributed by atoms with van der Waals surface area (Å²) in [6.45, 7) is 5.10. The number of carbonyl (C=O) groups is 1. The number of hydrogen-bond donors (Lipinski definition) is 1. The van der Waals surface area contributed by atoms with Gasteiger partial charge in [-0.3, -0.25) is 4.79 Å². The summed E-state index contributed by atoms with van der Waals surface area (Å²) in [5.41, 5.74) is 2.14. The monoisotopic (exact) mass is 420 g/mol. The van der Waals surface area contributed by atoms with Crippen LogP contribution in [0.15, 0.2) is 47.4 Å². The van der Waals surface area contributed by atoms with E-state index in [-0.39, 0.29) is 17.2 Å². The Morgan fingerprint density at radius 1 is 1.25 bits per heavy atom. The smallest absolute Gasteiger partial charge is 0.243 e. The number of piperidine rings is 1. The summed E-state index contributed by atoms with van der Waals surface area (Å²) in [5, 5.41) is 3.67. The molecule has 1 aliphatic heterocycles. The molecule has 0 aromatic heterocycles. The van der Waals surface area contributed by atoms with Crippen molar-refractivity contribution in [2.24, 2.45) is 5.92 Å². The summed E-state index contributed by atoms with van der Waals surface area (Å²) >= 11 is 6.01. The molecule has 1 heterocycles. The number of halogens is 1. The lowest BCUT2D eigenvalue weighted by molar-refractivity contribution is 0.101. The Hall–Kier alpha value is -1.89. The maximum Gasteiger partial charge on any atom is 0.243 e. The van der Waals surface area contributed by atoms with E-state index in [4.69, 9.17) is 11.6 Å². The second kappa shape index (κ2) is 8.64. The highest BCUT2D eigenvalue weighted by molar-refractivity contribution is 7.89. The van der Waals surface area contributed by atoms with E-state index in [0.29, 0.717) is 29.6 Å². The zero-order valence-corrected chi connectivity index (χ0v) is 17.7. The number of benzene rings is 2. The van der Waals surface area contributed by atoms with E-state index in [9.17, 15) is 13.2 Å². The molecule has 28 heavy (non-hydrogen) atoms. The number of hydrogen-bond acceptors (Lipinski definition) is 4. The lowest BCUT2D eigenvalue weighted by atomic mass is 10.0. The molecule has 150 valence electrons. The van der Waals surface area contributed by atoms with Crippen molar-refractivity contribution >= 4 is 33.1 Å². The Morgan fingerprint density at radius 3 is 2.79 bits per heavy atom. The highest BCUT2D eigenvalue weighted by atomic mass is 35.5. The summed E-state index contributed by atoms with van der Waals surface area (Å²) in [4.78, 5) is 12.8. The SMILES string of the molecule is Cc1ccc(Cl)cc1NCC(=O)c1cccc(S(=O)(=O)N2CCCC(C)C2)c1. The van der Waals surface area contributed by atoms with Gasteiger partial charge in [0.2, 0.25) is 10.0 Å². The van der Waals surface area contributed by atoms with Crippen LogP contribution in [0.3, 0.4) is 0 Å². The number of carbonyl (C=O) groups excluding carboxylic acids is 1. The fourth-order valence-electron chi connectivity index (χ4n) is 3.41. The number of anilines is 1. The van der Waals surface area contributed by atoms with E-state index >= 15 is 0 Å². The highest BCUT2D eigenvalue weighted by Crippen LogP contribution is 2.24. The van der Waals surface area contributed by atoms with Gasteiger partial charge >= 0.3 is 0 Å². The minimum Gasteiger partial charge on any atom is -0.377 e. The van der Waals surface area contributed by atoms with Crippen molar-refractivity contribution in [3.05, 3.63) is 58.6 Å². The molecule has 0 radical (unpaired) electrons. The molecule has 1 aliphatic rings. The maximum absolute atomic E-state index is 13.0. The maximum atomic E-state index is 13.0. The fraction of sp³-hybridized carbons (Fsp3) is 0.381. The normalized spacial score (nSPS) is 18.0. The Balaban J connectivity index is 1.75. The van der Waals surface area contributed by atoms with Crippen LogP contribution in [-0.4, -0.2) is 38.1 Å². The van der Waals surface area contributed by atoms with Gasteiger partial charge in [-0.05, 0) is 55.5 Å². The summed E-state index contributed by atoms with van der Waals surface area (Å²) in [6.07, 6.45) is 1.90. The second-order valence-corrected chi connectivity index (χ2v) is 9.75. The van der Waals surface area contributed by atoms with E-state index in [1.807, 2.05) is 13.0 Å². The van der Waals surface area contributed by atoms with E-state index in [1.54, 1.807) is 30.3 Å². The minimum absolute atomic E-state index is 0.0609. The second-order valence-electron chi connectivity index (χ2n) is 7.37. The van der Waals surface area contributed by atoms with Crippen LogP contribution < -0.4 is 5.32 Å². The molecule has 0 spiro atoms. The number of nitrogens with one attached hydrogen (secondary N) is 1. The molecule has 3 rings (SSSR count). The largest absolute Gasteiger partial charge is 0.377 e. The number of ketones is 1. The molecule has 7 heteroatoms. The lowest BCUT2D eigenvalue weighted by Gasteiger charge is -2.30. The third kappa shape index (κ3) is 4.74. The molecule has 1 N–H and O–H groups in total. The van der Waals surface area contributed by atoms with Gasteiger partial charge in [-0.2, -0.15) is 4.31 Å². The molecule has 1 saturated heterocycles. The first-order valence-electron chi connectivity index (χ1n) is 9.41. The number of aryl methyl sites for hydroxylation is 1. The molecule has 2 aromatic rings. The average Bonchev–Trinajstić information content (AvgIpc) is 2.68. The third-order valence-electron chi connectivity index (χ3n) is 5.05. The van der Waals surface area contributed by atoms with E-state index < -0.39 is 10.0 Å². The summed E-state index contributed by atoms with van der Waals surface area (Å²) in [7, 11) is -3.59. The zero-order valence-electron chi connectivity index (χ0n) is 16.1. The molecule has 1 atom stereocenters. The molecule has 0 amide bonds. The van der Waals surface area contributed by atoms with Crippen LogP contribution >= 0.6 is 11.6 Å². The highest BCUT2D eigenvalue weighted by Gasteiger charge is 2.29. The van der Waals surface area contributed by atoms with Crippen LogP contribution in [0, 0.1) is 12.8 Å². The van der Waals surface area contributed by atoms with Crippen LogP contribution in [-0.2, 0) is 10.0 Å². The Labute approximate surface area is 171 Å².